The minimum absolute atomic E-state index is 0.135. The fourth-order valence-corrected chi connectivity index (χ4v) is 3.35. The number of rotatable bonds is 1. The molecule has 4 rings (SSSR count). The largest absolute Gasteiger partial charge is 0.381 e. The number of ether oxygens (including phenoxy) is 2. The molecule has 0 amide bonds. The Hall–Kier alpha value is -1.35. The van der Waals surface area contributed by atoms with E-state index in [0.717, 1.165) is 30.2 Å². The summed E-state index contributed by atoms with van der Waals surface area (Å²) in [6.45, 7) is -0.0316. The van der Waals surface area contributed by atoms with Crippen LogP contribution in [0, 0.1) is 17.7 Å². The maximum absolute atomic E-state index is 8.52. The number of halogens is 1. The Labute approximate surface area is 157 Å². The van der Waals surface area contributed by atoms with Gasteiger partial charge in [0, 0.05) is 48.0 Å². The van der Waals surface area contributed by atoms with Gasteiger partial charge in [0.25, 0.3) is 0 Å². The van der Waals surface area contributed by atoms with E-state index in [1.165, 1.54) is 0 Å². The molecule has 4 nitrogen and oxygen atoms in total. The molecule has 2 aliphatic rings. The third-order valence-electron chi connectivity index (χ3n) is 4.14. The monoisotopic (exact) mass is 393 g/mol. The number of hydrogen-bond donors (Lipinski definition) is 0. The molecular formula is C19H21BrN2O2. The van der Waals surface area contributed by atoms with Crippen LogP contribution in [0.4, 0.5) is 0 Å². The van der Waals surface area contributed by atoms with E-state index in [2.05, 4.69) is 32.9 Å². The van der Waals surface area contributed by atoms with E-state index in [0.29, 0.717) is 16.6 Å². The molecule has 126 valence electrons. The quantitative estimate of drug-likeness (QED) is 0.678. The molecule has 0 spiro atoms. The van der Waals surface area contributed by atoms with E-state index >= 15 is 0 Å². The van der Waals surface area contributed by atoms with Gasteiger partial charge >= 0.3 is 0 Å². The van der Waals surface area contributed by atoms with Crippen molar-refractivity contribution in [3.8, 4) is 11.8 Å². The van der Waals surface area contributed by atoms with Gasteiger partial charge in [-0.2, -0.15) is 5.10 Å². The van der Waals surface area contributed by atoms with Crippen LogP contribution in [0.1, 0.15) is 50.7 Å². The molecule has 1 aromatic heterocycles. The van der Waals surface area contributed by atoms with E-state index < -0.39 is 18.6 Å². The Morgan fingerprint density at radius 1 is 1.29 bits per heavy atom. The second-order valence-electron chi connectivity index (χ2n) is 5.77. The van der Waals surface area contributed by atoms with Crippen molar-refractivity contribution in [2.75, 3.05) is 19.8 Å². The third-order valence-corrected chi connectivity index (χ3v) is 4.79. The lowest BCUT2D eigenvalue weighted by Gasteiger charge is -2.23. The molecule has 2 aromatic rings. The summed E-state index contributed by atoms with van der Waals surface area (Å²) in [5, 5.41) is 5.37. The minimum atomic E-state index is -2.25. The highest BCUT2D eigenvalue weighted by molar-refractivity contribution is 9.10. The number of aromatic nitrogens is 2. The van der Waals surface area contributed by atoms with Gasteiger partial charge in [0.15, 0.2) is 6.23 Å². The highest BCUT2D eigenvalue weighted by atomic mass is 79.9. The molecule has 0 saturated carbocycles. The summed E-state index contributed by atoms with van der Waals surface area (Å²) >= 11 is 3.48. The number of benzene rings is 1. The first-order chi connectivity index (χ1) is 13.6. The molecule has 2 saturated heterocycles. The first kappa shape index (κ1) is 11.3. The second-order valence-corrected chi connectivity index (χ2v) is 6.63. The zero-order valence-corrected chi connectivity index (χ0v) is 14.7. The van der Waals surface area contributed by atoms with Crippen LogP contribution in [0.15, 0.2) is 22.8 Å². The van der Waals surface area contributed by atoms with Gasteiger partial charge in [0.2, 0.25) is 0 Å². The summed E-state index contributed by atoms with van der Waals surface area (Å²) in [7, 11) is 0. The first-order valence-electron chi connectivity index (χ1n) is 10.5. The first-order valence-corrected chi connectivity index (χ1v) is 8.83. The predicted octanol–water partition coefficient (Wildman–Crippen LogP) is 4.28. The smallest absolute Gasteiger partial charge is 0.150 e. The zero-order chi connectivity index (χ0) is 20.9. The fraction of sp³-hybridized carbons (Fsp3) is 0.526. The second kappa shape index (κ2) is 7.26. The van der Waals surface area contributed by atoms with E-state index in [1.807, 2.05) is 16.8 Å². The van der Waals surface area contributed by atoms with Crippen LogP contribution in [-0.4, -0.2) is 29.6 Å². The van der Waals surface area contributed by atoms with Gasteiger partial charge in [0.1, 0.15) is 0 Å². The summed E-state index contributed by atoms with van der Waals surface area (Å²) in [6.07, 6.45) is 0.136. The standard InChI is InChI=1S/C19H21BrN2O2/c20-17-11-16-13-21-22(19-3-1-2-8-24-19)18(16)12-15(17)5-4-14-6-9-23-10-7-14/h11-14,19H,1-3,6-10H2/i6D2,7D2,14D. The zero-order valence-electron chi connectivity index (χ0n) is 18.1. The molecule has 1 atom stereocenters. The Bertz CT molecular complexity index is 976. The molecule has 0 aliphatic carbocycles. The van der Waals surface area contributed by atoms with Gasteiger partial charge < -0.3 is 9.47 Å². The van der Waals surface area contributed by atoms with Crippen molar-refractivity contribution in [3.05, 3.63) is 28.4 Å². The van der Waals surface area contributed by atoms with Crippen LogP contribution in [0.25, 0.3) is 10.9 Å². The van der Waals surface area contributed by atoms with Gasteiger partial charge in [-0.1, -0.05) is 11.8 Å². The summed E-state index contributed by atoms with van der Waals surface area (Å²) in [5.74, 6) is 3.18. The molecule has 5 heteroatoms. The third kappa shape index (κ3) is 3.37. The van der Waals surface area contributed by atoms with Crippen molar-refractivity contribution in [2.45, 2.75) is 38.2 Å². The van der Waals surface area contributed by atoms with Crippen molar-refractivity contribution in [3.63, 3.8) is 0 Å². The predicted molar refractivity (Wildman–Crippen MR) is 96.7 cm³/mol. The Kier molecular flexibility index (Phi) is 3.42. The highest BCUT2D eigenvalue weighted by Gasteiger charge is 2.19. The number of fused-ring (bicyclic) bond motifs is 1. The van der Waals surface area contributed by atoms with Gasteiger partial charge in [-0.15, -0.1) is 0 Å². The van der Waals surface area contributed by atoms with Crippen LogP contribution in [0.5, 0.6) is 0 Å². The average Bonchev–Trinajstić information content (AvgIpc) is 3.07. The van der Waals surface area contributed by atoms with E-state index in [9.17, 15) is 0 Å². The molecule has 1 aromatic carbocycles. The maximum Gasteiger partial charge on any atom is 0.150 e. The van der Waals surface area contributed by atoms with Crippen molar-refractivity contribution in [1.82, 2.24) is 9.78 Å². The van der Waals surface area contributed by atoms with Gasteiger partial charge in [-0.3, -0.25) is 0 Å². The average molecular weight is 394 g/mol. The van der Waals surface area contributed by atoms with Crippen molar-refractivity contribution in [2.24, 2.45) is 5.89 Å². The minimum Gasteiger partial charge on any atom is -0.381 e. The molecule has 2 aliphatic heterocycles. The number of nitrogens with zero attached hydrogens (tertiary/aromatic N) is 2. The Morgan fingerprint density at radius 2 is 2.17 bits per heavy atom. The summed E-state index contributed by atoms with van der Waals surface area (Å²) < 4.78 is 54.3. The lowest BCUT2D eigenvalue weighted by atomic mass is 10.0. The van der Waals surface area contributed by atoms with E-state index in [1.54, 1.807) is 6.20 Å². The molecule has 0 N–H and O–H groups in total. The van der Waals surface area contributed by atoms with Crippen LogP contribution in [-0.2, 0) is 9.47 Å². The Balaban J connectivity index is 1.76. The van der Waals surface area contributed by atoms with Gasteiger partial charge in [-0.05, 0) is 60.1 Å². The molecular weight excluding hydrogens is 368 g/mol. The summed E-state index contributed by atoms with van der Waals surface area (Å²) in [6, 6.07) is 3.70. The Morgan fingerprint density at radius 3 is 2.96 bits per heavy atom. The van der Waals surface area contributed by atoms with Gasteiger partial charge in [-0.25, -0.2) is 4.68 Å². The topological polar surface area (TPSA) is 36.3 Å². The molecule has 24 heavy (non-hydrogen) atoms. The lowest BCUT2D eigenvalue weighted by Crippen LogP contribution is -2.18. The molecule has 0 radical (unpaired) electrons. The van der Waals surface area contributed by atoms with Crippen molar-refractivity contribution in [1.29, 1.82) is 0 Å². The van der Waals surface area contributed by atoms with Crippen molar-refractivity contribution < 1.29 is 16.3 Å². The summed E-state index contributed by atoms with van der Waals surface area (Å²) in [5.41, 5.74) is 1.38. The lowest BCUT2D eigenvalue weighted by molar-refractivity contribution is -0.0366. The van der Waals surface area contributed by atoms with E-state index in [4.69, 9.17) is 16.3 Å². The normalized spacial score (nSPS) is 30.9. The van der Waals surface area contributed by atoms with E-state index in [-0.39, 0.29) is 19.4 Å². The van der Waals surface area contributed by atoms with Gasteiger partial charge in [0.05, 0.1) is 11.7 Å². The maximum atomic E-state index is 8.52. The summed E-state index contributed by atoms with van der Waals surface area (Å²) in [4.78, 5) is 0. The van der Waals surface area contributed by atoms with Crippen LogP contribution >= 0.6 is 15.9 Å². The van der Waals surface area contributed by atoms with Crippen LogP contribution < -0.4 is 0 Å². The fourth-order valence-electron chi connectivity index (χ4n) is 2.89. The molecule has 3 heterocycles. The van der Waals surface area contributed by atoms with Crippen LogP contribution in [0.2, 0.25) is 0 Å². The molecule has 2 fully saturated rings. The molecule has 0 bridgehead atoms. The number of hydrogen-bond acceptors (Lipinski definition) is 3. The van der Waals surface area contributed by atoms with Crippen molar-refractivity contribution >= 4 is 26.8 Å². The highest BCUT2D eigenvalue weighted by Crippen LogP contribution is 2.29. The van der Waals surface area contributed by atoms with Crippen LogP contribution in [0.3, 0.4) is 0 Å². The SMILES string of the molecule is [2H]C1([2H])COCC([2H])([2H])C1([2H])C#Cc1cc2c(cnn2C2CCCCO2)cc1Br. The molecule has 1 unspecified atom stereocenters.